The van der Waals surface area contributed by atoms with Crippen LogP contribution in [-0.4, -0.2) is 35.6 Å². The first-order valence-corrected chi connectivity index (χ1v) is 6.58. The first-order valence-electron chi connectivity index (χ1n) is 6.21. The summed E-state index contributed by atoms with van der Waals surface area (Å²) in [5, 5.41) is 12.3. The molecule has 0 heterocycles. The molecule has 1 aromatic carbocycles. The molecular formula is C14H19ClN2O3. The molecule has 0 aromatic heterocycles. The molecule has 0 aliphatic carbocycles. The Labute approximate surface area is 123 Å². The lowest BCUT2D eigenvalue weighted by Gasteiger charge is -2.26. The highest BCUT2D eigenvalue weighted by Crippen LogP contribution is 2.17. The molecule has 1 rings (SSSR count). The van der Waals surface area contributed by atoms with E-state index in [1.165, 1.54) is 4.90 Å². The van der Waals surface area contributed by atoms with Crippen molar-refractivity contribution < 1.29 is 14.7 Å². The average Bonchev–Trinajstić information content (AvgIpc) is 2.25. The lowest BCUT2D eigenvalue weighted by molar-refractivity contribution is -0.135. The lowest BCUT2D eigenvalue weighted by Crippen LogP contribution is -2.47. The van der Waals surface area contributed by atoms with Crippen molar-refractivity contribution in [2.45, 2.75) is 26.3 Å². The highest BCUT2D eigenvalue weighted by Gasteiger charge is 2.18. The molecule has 1 amide bonds. The monoisotopic (exact) mass is 298 g/mol. The summed E-state index contributed by atoms with van der Waals surface area (Å²) in [5.41, 5.74) is 0.284. The minimum atomic E-state index is -0.997. The number of rotatable bonds is 5. The smallest absolute Gasteiger partial charge is 0.323 e. The van der Waals surface area contributed by atoms with Crippen molar-refractivity contribution in [3.05, 3.63) is 29.3 Å². The molecule has 0 aliphatic heterocycles. The highest BCUT2D eigenvalue weighted by atomic mass is 35.5. The summed E-state index contributed by atoms with van der Waals surface area (Å²) in [6.45, 7) is 5.34. The van der Waals surface area contributed by atoms with Crippen molar-refractivity contribution in [2.75, 3.05) is 18.0 Å². The molecule has 20 heavy (non-hydrogen) atoms. The Balaban J connectivity index is 2.82. The van der Waals surface area contributed by atoms with E-state index in [-0.39, 0.29) is 24.5 Å². The van der Waals surface area contributed by atoms with Crippen LogP contribution >= 0.6 is 11.6 Å². The maximum Gasteiger partial charge on any atom is 0.323 e. The number of halogens is 1. The van der Waals surface area contributed by atoms with Crippen molar-refractivity contribution >= 4 is 29.2 Å². The SMILES string of the molecule is CC(C)(C)NC(=O)CN(CC(=O)O)c1ccc(Cl)cc1. The first kappa shape index (κ1) is 16.3. The van der Waals surface area contributed by atoms with Crippen LogP contribution in [0.25, 0.3) is 0 Å². The van der Waals surface area contributed by atoms with Crippen LogP contribution in [0.15, 0.2) is 24.3 Å². The number of carboxylic acid groups (broad SMARTS) is 1. The molecule has 0 saturated heterocycles. The van der Waals surface area contributed by atoms with Crippen molar-refractivity contribution in [1.29, 1.82) is 0 Å². The van der Waals surface area contributed by atoms with Gasteiger partial charge in [0, 0.05) is 16.2 Å². The predicted octanol–water partition coefficient (Wildman–Crippen LogP) is 2.15. The quantitative estimate of drug-likeness (QED) is 0.874. The number of carboxylic acids is 1. The molecule has 0 aliphatic rings. The number of carbonyl (C=O) groups is 2. The molecular weight excluding hydrogens is 280 g/mol. The number of hydrogen-bond acceptors (Lipinski definition) is 3. The van der Waals surface area contributed by atoms with E-state index in [1.807, 2.05) is 20.8 Å². The van der Waals surface area contributed by atoms with Gasteiger partial charge < -0.3 is 15.3 Å². The number of anilines is 1. The second-order valence-corrected chi connectivity index (χ2v) is 5.96. The third-order valence-corrected chi connectivity index (χ3v) is 2.62. The summed E-state index contributed by atoms with van der Waals surface area (Å²) < 4.78 is 0. The van der Waals surface area contributed by atoms with Gasteiger partial charge in [0.15, 0.2) is 0 Å². The minimum absolute atomic E-state index is 0.0226. The molecule has 0 atom stereocenters. The van der Waals surface area contributed by atoms with Crippen molar-refractivity contribution in [2.24, 2.45) is 0 Å². The molecule has 6 heteroatoms. The second-order valence-electron chi connectivity index (χ2n) is 5.52. The van der Waals surface area contributed by atoms with E-state index in [2.05, 4.69) is 5.32 Å². The van der Waals surface area contributed by atoms with Gasteiger partial charge >= 0.3 is 5.97 Å². The Morgan fingerprint density at radius 1 is 1.20 bits per heavy atom. The lowest BCUT2D eigenvalue weighted by atomic mass is 10.1. The summed E-state index contributed by atoms with van der Waals surface area (Å²) in [4.78, 5) is 24.3. The Morgan fingerprint density at radius 2 is 1.75 bits per heavy atom. The Morgan fingerprint density at radius 3 is 2.20 bits per heavy atom. The molecule has 1 aromatic rings. The van der Waals surface area contributed by atoms with Gasteiger partial charge in [-0.05, 0) is 45.0 Å². The summed E-state index contributed by atoms with van der Waals surface area (Å²) in [5.74, 6) is -1.22. The third-order valence-electron chi connectivity index (χ3n) is 2.37. The maximum atomic E-state index is 11.9. The topological polar surface area (TPSA) is 69.6 Å². The van der Waals surface area contributed by atoms with Crippen LogP contribution in [-0.2, 0) is 9.59 Å². The number of benzene rings is 1. The molecule has 0 bridgehead atoms. The van der Waals surface area contributed by atoms with E-state index < -0.39 is 5.97 Å². The van der Waals surface area contributed by atoms with E-state index in [4.69, 9.17) is 16.7 Å². The third kappa shape index (κ3) is 5.93. The van der Waals surface area contributed by atoms with E-state index in [0.29, 0.717) is 10.7 Å². The number of amides is 1. The van der Waals surface area contributed by atoms with E-state index in [0.717, 1.165) is 0 Å². The summed E-state index contributed by atoms with van der Waals surface area (Å²) >= 11 is 5.80. The number of aliphatic carboxylic acids is 1. The fraction of sp³-hybridized carbons (Fsp3) is 0.429. The van der Waals surface area contributed by atoms with Gasteiger partial charge in [-0.15, -0.1) is 0 Å². The van der Waals surface area contributed by atoms with Crippen molar-refractivity contribution in [3.63, 3.8) is 0 Å². The molecule has 0 radical (unpaired) electrons. The van der Waals surface area contributed by atoms with Gasteiger partial charge in [0.2, 0.25) is 5.91 Å². The van der Waals surface area contributed by atoms with Gasteiger partial charge in [-0.3, -0.25) is 9.59 Å². The molecule has 2 N–H and O–H groups in total. The molecule has 0 fully saturated rings. The highest BCUT2D eigenvalue weighted by molar-refractivity contribution is 6.30. The van der Waals surface area contributed by atoms with E-state index in [1.54, 1.807) is 24.3 Å². The first-order chi connectivity index (χ1) is 9.17. The van der Waals surface area contributed by atoms with Crippen LogP contribution in [0.3, 0.4) is 0 Å². The minimum Gasteiger partial charge on any atom is -0.480 e. The normalized spacial score (nSPS) is 11.0. The van der Waals surface area contributed by atoms with Gasteiger partial charge in [0.1, 0.15) is 6.54 Å². The molecule has 110 valence electrons. The summed E-state index contributed by atoms with van der Waals surface area (Å²) in [7, 11) is 0. The molecule has 0 unspecified atom stereocenters. The Kier molecular flexibility index (Phi) is 5.39. The fourth-order valence-electron chi connectivity index (χ4n) is 1.68. The largest absolute Gasteiger partial charge is 0.480 e. The van der Waals surface area contributed by atoms with Gasteiger partial charge in [0.25, 0.3) is 0 Å². The molecule has 0 saturated carbocycles. The van der Waals surface area contributed by atoms with Gasteiger partial charge in [-0.1, -0.05) is 11.6 Å². The number of nitrogens with one attached hydrogen (secondary N) is 1. The van der Waals surface area contributed by atoms with Crippen LogP contribution in [0, 0.1) is 0 Å². The van der Waals surface area contributed by atoms with Crippen molar-refractivity contribution in [1.82, 2.24) is 5.32 Å². The number of carbonyl (C=O) groups excluding carboxylic acids is 1. The maximum absolute atomic E-state index is 11.9. The van der Waals surface area contributed by atoms with Gasteiger partial charge in [-0.2, -0.15) is 0 Å². The molecule has 0 spiro atoms. The second kappa shape index (κ2) is 6.61. The van der Waals surface area contributed by atoms with Gasteiger partial charge in [0.05, 0.1) is 6.54 Å². The van der Waals surface area contributed by atoms with Crippen molar-refractivity contribution in [3.8, 4) is 0 Å². The van der Waals surface area contributed by atoms with Crippen LogP contribution < -0.4 is 10.2 Å². The summed E-state index contributed by atoms with van der Waals surface area (Å²) in [6, 6.07) is 6.70. The fourth-order valence-corrected chi connectivity index (χ4v) is 1.81. The average molecular weight is 299 g/mol. The Hall–Kier alpha value is -1.75. The van der Waals surface area contributed by atoms with E-state index in [9.17, 15) is 9.59 Å². The predicted molar refractivity (Wildman–Crippen MR) is 79.2 cm³/mol. The molecule has 5 nitrogen and oxygen atoms in total. The zero-order valence-corrected chi connectivity index (χ0v) is 12.6. The van der Waals surface area contributed by atoms with Gasteiger partial charge in [-0.25, -0.2) is 0 Å². The van der Waals surface area contributed by atoms with Crippen LogP contribution in [0.4, 0.5) is 5.69 Å². The number of nitrogens with zero attached hydrogens (tertiary/aromatic N) is 1. The standard InChI is InChI=1S/C14H19ClN2O3/c1-14(2,3)16-12(18)8-17(9-13(19)20)11-6-4-10(15)5-7-11/h4-7H,8-9H2,1-3H3,(H,16,18)(H,19,20). The van der Waals surface area contributed by atoms with Crippen LogP contribution in [0.1, 0.15) is 20.8 Å². The van der Waals surface area contributed by atoms with Crippen LogP contribution in [0.2, 0.25) is 5.02 Å². The van der Waals surface area contributed by atoms with Crippen LogP contribution in [0.5, 0.6) is 0 Å². The Bertz CT molecular complexity index is 480. The summed E-state index contributed by atoms with van der Waals surface area (Å²) in [6.07, 6.45) is 0. The number of hydrogen-bond donors (Lipinski definition) is 2. The zero-order chi connectivity index (χ0) is 15.3. The zero-order valence-electron chi connectivity index (χ0n) is 11.8. The van der Waals surface area contributed by atoms with E-state index >= 15 is 0 Å².